The highest BCUT2D eigenvalue weighted by Crippen LogP contribution is 2.18. The number of thiophene rings is 1. The zero-order valence-corrected chi connectivity index (χ0v) is 14.4. The molecule has 0 aliphatic rings. The van der Waals surface area contributed by atoms with Crippen LogP contribution in [0.5, 0.6) is 0 Å². The molecule has 0 aliphatic heterocycles. The molecule has 0 fully saturated rings. The Hall–Kier alpha value is -0.380. The Balaban J connectivity index is 2.11. The Morgan fingerprint density at radius 3 is 2.45 bits per heavy atom. The highest BCUT2D eigenvalue weighted by atomic mass is 32.1. The van der Waals surface area contributed by atoms with E-state index in [0.717, 1.165) is 19.8 Å². The lowest BCUT2D eigenvalue weighted by Gasteiger charge is -2.19. The summed E-state index contributed by atoms with van der Waals surface area (Å²) in [5.74, 6) is 0. The van der Waals surface area contributed by atoms with Gasteiger partial charge in [-0.3, -0.25) is 0 Å². The van der Waals surface area contributed by atoms with Crippen LogP contribution >= 0.6 is 11.3 Å². The van der Waals surface area contributed by atoms with Crippen LogP contribution in [0.15, 0.2) is 12.1 Å². The van der Waals surface area contributed by atoms with Crippen molar-refractivity contribution in [2.45, 2.75) is 78.5 Å². The summed E-state index contributed by atoms with van der Waals surface area (Å²) >= 11 is 1.86. The largest absolute Gasteiger partial charge is 0.376 e. The zero-order valence-electron chi connectivity index (χ0n) is 13.6. The molecule has 1 rings (SSSR count). The lowest BCUT2D eigenvalue weighted by molar-refractivity contribution is 0.119. The van der Waals surface area contributed by atoms with Crippen LogP contribution in [-0.4, -0.2) is 12.1 Å². The number of hydrogen-bond donors (Lipinski definition) is 1. The van der Waals surface area contributed by atoms with Crippen LogP contribution < -0.4 is 5.32 Å². The van der Waals surface area contributed by atoms with E-state index in [-0.39, 0.29) is 5.54 Å². The van der Waals surface area contributed by atoms with Gasteiger partial charge >= 0.3 is 0 Å². The molecular weight excluding hydrogens is 266 g/mol. The van der Waals surface area contributed by atoms with Gasteiger partial charge in [0.25, 0.3) is 0 Å². The standard InChI is InChI=1S/C17H31NOS/c1-5-6-7-8-9-12-19-14-16-11-10-15(20-16)13-18-17(2,3)4/h10-11,18H,5-9,12-14H2,1-4H3. The molecule has 0 saturated carbocycles. The summed E-state index contributed by atoms with van der Waals surface area (Å²) < 4.78 is 5.75. The van der Waals surface area contributed by atoms with E-state index >= 15 is 0 Å². The number of hydrogen-bond acceptors (Lipinski definition) is 3. The second kappa shape index (κ2) is 9.54. The Bertz CT molecular complexity index is 354. The van der Waals surface area contributed by atoms with Crippen LogP contribution in [-0.2, 0) is 17.9 Å². The molecule has 0 radical (unpaired) electrons. The van der Waals surface area contributed by atoms with Crippen molar-refractivity contribution in [1.29, 1.82) is 0 Å². The molecule has 0 saturated heterocycles. The monoisotopic (exact) mass is 297 g/mol. The smallest absolute Gasteiger partial charge is 0.0809 e. The number of ether oxygens (including phenoxy) is 1. The molecule has 0 atom stereocenters. The third-order valence-corrected chi connectivity index (χ3v) is 4.21. The van der Waals surface area contributed by atoms with Crippen LogP contribution in [0.3, 0.4) is 0 Å². The van der Waals surface area contributed by atoms with Crippen molar-refractivity contribution in [2.24, 2.45) is 0 Å². The van der Waals surface area contributed by atoms with E-state index in [1.54, 1.807) is 0 Å². The van der Waals surface area contributed by atoms with Gasteiger partial charge in [-0.15, -0.1) is 11.3 Å². The van der Waals surface area contributed by atoms with Crippen molar-refractivity contribution in [3.05, 3.63) is 21.9 Å². The zero-order chi connectivity index (χ0) is 14.8. The van der Waals surface area contributed by atoms with Gasteiger partial charge in [0, 0.05) is 28.4 Å². The van der Waals surface area contributed by atoms with Crippen molar-refractivity contribution >= 4 is 11.3 Å². The minimum absolute atomic E-state index is 0.180. The molecule has 1 aromatic heterocycles. The topological polar surface area (TPSA) is 21.3 Å². The summed E-state index contributed by atoms with van der Waals surface area (Å²) in [5.41, 5.74) is 0.180. The lowest BCUT2D eigenvalue weighted by atomic mass is 10.1. The second-order valence-corrected chi connectivity index (χ2v) is 7.69. The molecule has 0 spiro atoms. The maximum absolute atomic E-state index is 5.75. The van der Waals surface area contributed by atoms with Gasteiger partial charge in [-0.25, -0.2) is 0 Å². The van der Waals surface area contributed by atoms with E-state index in [4.69, 9.17) is 4.74 Å². The van der Waals surface area contributed by atoms with Crippen LogP contribution in [0.2, 0.25) is 0 Å². The molecule has 0 unspecified atom stereocenters. The third-order valence-electron chi connectivity index (χ3n) is 3.15. The van der Waals surface area contributed by atoms with Gasteiger partial charge in [-0.1, -0.05) is 32.6 Å². The summed E-state index contributed by atoms with van der Waals surface area (Å²) in [6.07, 6.45) is 6.51. The molecule has 1 heterocycles. The SMILES string of the molecule is CCCCCCCOCc1ccc(CNC(C)(C)C)s1. The summed E-state index contributed by atoms with van der Waals surface area (Å²) in [7, 11) is 0. The molecule has 2 nitrogen and oxygen atoms in total. The van der Waals surface area contributed by atoms with Crippen LogP contribution in [0.1, 0.15) is 69.6 Å². The van der Waals surface area contributed by atoms with E-state index < -0.39 is 0 Å². The molecule has 0 aromatic carbocycles. The van der Waals surface area contributed by atoms with Crippen molar-refractivity contribution < 1.29 is 4.74 Å². The molecule has 1 aromatic rings. The molecule has 116 valence electrons. The first-order chi connectivity index (χ1) is 9.51. The molecule has 0 bridgehead atoms. The van der Waals surface area contributed by atoms with Crippen molar-refractivity contribution in [3.8, 4) is 0 Å². The number of rotatable bonds is 10. The number of nitrogens with one attached hydrogen (secondary N) is 1. The average molecular weight is 298 g/mol. The summed E-state index contributed by atoms with van der Waals surface area (Å²) in [4.78, 5) is 2.73. The van der Waals surface area contributed by atoms with Crippen molar-refractivity contribution in [2.75, 3.05) is 6.61 Å². The van der Waals surface area contributed by atoms with Gasteiger partial charge in [0.1, 0.15) is 0 Å². The Labute approximate surface area is 128 Å². The van der Waals surface area contributed by atoms with Crippen molar-refractivity contribution in [3.63, 3.8) is 0 Å². The molecule has 20 heavy (non-hydrogen) atoms. The first kappa shape index (κ1) is 17.7. The fourth-order valence-electron chi connectivity index (χ4n) is 1.93. The van der Waals surface area contributed by atoms with Gasteiger partial charge in [-0.05, 0) is 39.3 Å². The first-order valence-electron chi connectivity index (χ1n) is 7.91. The van der Waals surface area contributed by atoms with E-state index in [1.807, 2.05) is 11.3 Å². The highest BCUT2D eigenvalue weighted by Gasteiger charge is 2.09. The molecular formula is C17H31NOS. The van der Waals surface area contributed by atoms with Gasteiger partial charge in [-0.2, -0.15) is 0 Å². The van der Waals surface area contributed by atoms with Crippen LogP contribution in [0.4, 0.5) is 0 Å². The maximum Gasteiger partial charge on any atom is 0.0809 e. The second-order valence-electron chi connectivity index (χ2n) is 6.44. The van der Waals surface area contributed by atoms with E-state index in [0.29, 0.717) is 0 Å². The molecule has 0 aliphatic carbocycles. The first-order valence-corrected chi connectivity index (χ1v) is 8.73. The summed E-state index contributed by atoms with van der Waals surface area (Å²) in [5, 5.41) is 3.52. The van der Waals surface area contributed by atoms with Crippen molar-refractivity contribution in [1.82, 2.24) is 5.32 Å². The van der Waals surface area contributed by atoms with Gasteiger partial charge < -0.3 is 10.1 Å². The van der Waals surface area contributed by atoms with E-state index in [1.165, 1.54) is 41.9 Å². The summed E-state index contributed by atoms with van der Waals surface area (Å²) in [6, 6.07) is 4.41. The Kier molecular flexibility index (Phi) is 8.43. The van der Waals surface area contributed by atoms with Gasteiger partial charge in [0.15, 0.2) is 0 Å². The minimum Gasteiger partial charge on any atom is -0.376 e. The highest BCUT2D eigenvalue weighted by molar-refractivity contribution is 7.11. The van der Waals surface area contributed by atoms with Crippen LogP contribution in [0, 0.1) is 0 Å². The predicted molar refractivity (Wildman–Crippen MR) is 89.3 cm³/mol. The number of unbranched alkanes of at least 4 members (excludes halogenated alkanes) is 4. The Morgan fingerprint density at radius 1 is 1.05 bits per heavy atom. The molecule has 1 N–H and O–H groups in total. The van der Waals surface area contributed by atoms with Crippen LogP contribution in [0.25, 0.3) is 0 Å². The van der Waals surface area contributed by atoms with E-state index in [9.17, 15) is 0 Å². The normalized spacial score (nSPS) is 12.0. The maximum atomic E-state index is 5.75. The summed E-state index contributed by atoms with van der Waals surface area (Å²) in [6.45, 7) is 11.5. The predicted octanol–water partition coefficient (Wildman–Crippen LogP) is 5.12. The fourth-order valence-corrected chi connectivity index (χ4v) is 2.82. The quantitative estimate of drug-likeness (QED) is 0.605. The third kappa shape index (κ3) is 8.72. The van der Waals surface area contributed by atoms with Gasteiger partial charge in [0.2, 0.25) is 0 Å². The van der Waals surface area contributed by atoms with E-state index in [2.05, 4.69) is 45.1 Å². The minimum atomic E-state index is 0.180. The molecule has 0 amide bonds. The lowest BCUT2D eigenvalue weighted by Crippen LogP contribution is -2.34. The Morgan fingerprint density at radius 2 is 1.75 bits per heavy atom. The average Bonchev–Trinajstić information content (AvgIpc) is 2.82. The fraction of sp³-hybridized carbons (Fsp3) is 0.765. The van der Waals surface area contributed by atoms with Gasteiger partial charge in [0.05, 0.1) is 6.61 Å². The molecule has 3 heteroatoms.